The molecule has 0 aromatic rings. The molecule has 0 aliphatic carbocycles. The smallest absolute Gasteiger partial charge is 0.260 e. The standard InChI is InChI=1S/C12H26O2Si/c1-6-7-8-9-10-11-12(13-2)14-15(3,4)5/h11H,6-10H2,1-5H3/b12-11+. The number of ether oxygens (including phenoxy) is 1. The topological polar surface area (TPSA) is 18.5 Å². The molecular weight excluding hydrogens is 204 g/mol. The van der Waals surface area contributed by atoms with E-state index in [2.05, 4.69) is 32.6 Å². The Balaban J connectivity index is 3.80. The number of hydrogen-bond donors (Lipinski definition) is 0. The summed E-state index contributed by atoms with van der Waals surface area (Å²) in [6, 6.07) is 0. The Bertz CT molecular complexity index is 183. The lowest BCUT2D eigenvalue weighted by Crippen LogP contribution is -2.25. The molecule has 90 valence electrons. The van der Waals surface area contributed by atoms with Crippen LogP contribution in [0.5, 0.6) is 0 Å². The maximum absolute atomic E-state index is 5.77. The molecule has 0 saturated carbocycles. The summed E-state index contributed by atoms with van der Waals surface area (Å²) in [5.41, 5.74) is 0. The first-order valence-corrected chi connectivity index (χ1v) is 9.33. The van der Waals surface area contributed by atoms with Crippen LogP contribution in [0, 0.1) is 0 Å². The lowest BCUT2D eigenvalue weighted by atomic mass is 10.1. The molecule has 3 heteroatoms. The number of allylic oxidation sites excluding steroid dienone is 1. The minimum absolute atomic E-state index is 0.714. The summed E-state index contributed by atoms with van der Waals surface area (Å²) in [4.78, 5) is 0. The molecule has 0 atom stereocenters. The molecule has 2 nitrogen and oxygen atoms in total. The minimum atomic E-state index is -1.51. The first kappa shape index (κ1) is 14.6. The largest absolute Gasteiger partial charge is 0.520 e. The molecule has 0 fully saturated rings. The van der Waals surface area contributed by atoms with Crippen LogP contribution in [0.3, 0.4) is 0 Å². The summed E-state index contributed by atoms with van der Waals surface area (Å²) in [5.74, 6) is 0.714. The van der Waals surface area contributed by atoms with Gasteiger partial charge >= 0.3 is 0 Å². The van der Waals surface area contributed by atoms with E-state index in [-0.39, 0.29) is 0 Å². The quantitative estimate of drug-likeness (QED) is 0.352. The van der Waals surface area contributed by atoms with Crippen molar-refractivity contribution in [2.75, 3.05) is 7.11 Å². The molecule has 0 rings (SSSR count). The van der Waals surface area contributed by atoms with Gasteiger partial charge in [0.05, 0.1) is 7.11 Å². The van der Waals surface area contributed by atoms with Gasteiger partial charge in [-0.1, -0.05) is 26.2 Å². The van der Waals surface area contributed by atoms with Gasteiger partial charge in [-0.3, -0.25) is 0 Å². The Morgan fingerprint density at radius 1 is 1.13 bits per heavy atom. The predicted molar refractivity (Wildman–Crippen MR) is 68.3 cm³/mol. The van der Waals surface area contributed by atoms with Gasteiger partial charge in [0.25, 0.3) is 5.95 Å². The van der Waals surface area contributed by atoms with Gasteiger partial charge in [-0.15, -0.1) is 0 Å². The summed E-state index contributed by atoms with van der Waals surface area (Å²) >= 11 is 0. The van der Waals surface area contributed by atoms with E-state index >= 15 is 0 Å². The summed E-state index contributed by atoms with van der Waals surface area (Å²) in [7, 11) is 0.169. The van der Waals surface area contributed by atoms with Crippen molar-refractivity contribution in [3.8, 4) is 0 Å². The van der Waals surface area contributed by atoms with E-state index in [0.717, 1.165) is 6.42 Å². The minimum Gasteiger partial charge on any atom is -0.520 e. The van der Waals surface area contributed by atoms with E-state index in [1.165, 1.54) is 25.7 Å². The highest BCUT2D eigenvalue weighted by atomic mass is 28.4. The first-order chi connectivity index (χ1) is 6.99. The first-order valence-electron chi connectivity index (χ1n) is 5.92. The van der Waals surface area contributed by atoms with Crippen LogP contribution in [0.15, 0.2) is 12.0 Å². The molecule has 0 amide bonds. The lowest BCUT2D eigenvalue weighted by Gasteiger charge is -2.20. The van der Waals surface area contributed by atoms with E-state index in [4.69, 9.17) is 9.16 Å². The molecule has 0 aromatic heterocycles. The molecule has 0 aromatic carbocycles. The van der Waals surface area contributed by atoms with E-state index < -0.39 is 8.32 Å². The van der Waals surface area contributed by atoms with Crippen LogP contribution in [-0.2, 0) is 9.16 Å². The predicted octanol–water partition coefficient (Wildman–Crippen LogP) is 4.30. The molecule has 0 saturated heterocycles. The fourth-order valence-corrected chi connectivity index (χ4v) is 2.03. The van der Waals surface area contributed by atoms with Crippen LogP contribution < -0.4 is 0 Å². The normalized spacial score (nSPS) is 12.7. The van der Waals surface area contributed by atoms with Crippen LogP contribution in [0.4, 0.5) is 0 Å². The van der Waals surface area contributed by atoms with Gasteiger partial charge in [0.15, 0.2) is 0 Å². The summed E-state index contributed by atoms with van der Waals surface area (Å²) in [6.07, 6.45) is 8.28. The number of hydrogen-bond acceptors (Lipinski definition) is 2. The van der Waals surface area contributed by atoms with Crippen LogP contribution in [0.25, 0.3) is 0 Å². The molecule has 0 unspecified atom stereocenters. The molecule has 0 heterocycles. The van der Waals surface area contributed by atoms with E-state index in [1.54, 1.807) is 7.11 Å². The van der Waals surface area contributed by atoms with Gasteiger partial charge in [-0.2, -0.15) is 0 Å². The fraction of sp³-hybridized carbons (Fsp3) is 0.833. The Morgan fingerprint density at radius 2 is 1.80 bits per heavy atom. The molecule has 0 N–H and O–H groups in total. The maximum Gasteiger partial charge on any atom is 0.260 e. The van der Waals surface area contributed by atoms with Crippen LogP contribution in [0.2, 0.25) is 19.6 Å². The molecule has 0 spiro atoms. The zero-order valence-electron chi connectivity index (χ0n) is 10.9. The van der Waals surface area contributed by atoms with Crippen LogP contribution in [-0.4, -0.2) is 15.4 Å². The second-order valence-corrected chi connectivity index (χ2v) is 9.22. The fourth-order valence-electron chi connectivity index (χ4n) is 1.26. The van der Waals surface area contributed by atoms with E-state index in [0.29, 0.717) is 5.95 Å². The zero-order valence-corrected chi connectivity index (χ0v) is 11.9. The number of methoxy groups -OCH3 is 1. The van der Waals surface area contributed by atoms with Gasteiger partial charge in [-0.05, 0) is 38.6 Å². The van der Waals surface area contributed by atoms with Crippen molar-refractivity contribution >= 4 is 8.32 Å². The molecule has 0 radical (unpaired) electrons. The van der Waals surface area contributed by atoms with Gasteiger partial charge in [0.2, 0.25) is 8.32 Å². The highest BCUT2D eigenvalue weighted by Crippen LogP contribution is 2.13. The zero-order chi connectivity index (χ0) is 11.7. The molecule has 15 heavy (non-hydrogen) atoms. The van der Waals surface area contributed by atoms with Gasteiger partial charge < -0.3 is 9.16 Å². The third-order valence-corrected chi connectivity index (χ3v) is 2.79. The summed E-state index contributed by atoms with van der Waals surface area (Å²) in [6.45, 7) is 8.72. The van der Waals surface area contributed by atoms with Gasteiger partial charge in [-0.25, -0.2) is 0 Å². The lowest BCUT2D eigenvalue weighted by molar-refractivity contribution is 0.145. The Morgan fingerprint density at radius 3 is 2.27 bits per heavy atom. The monoisotopic (exact) mass is 230 g/mol. The SMILES string of the molecule is CCCCCC/C=C(\OC)O[Si](C)(C)C. The van der Waals surface area contributed by atoms with Crippen molar-refractivity contribution in [1.82, 2.24) is 0 Å². The number of unbranched alkanes of at least 4 members (excludes halogenated alkanes) is 4. The van der Waals surface area contributed by atoms with Crippen molar-refractivity contribution in [1.29, 1.82) is 0 Å². The van der Waals surface area contributed by atoms with Crippen LogP contribution in [0.1, 0.15) is 39.0 Å². The highest BCUT2D eigenvalue weighted by Gasteiger charge is 2.17. The average Bonchev–Trinajstić information content (AvgIpc) is 2.14. The molecule has 0 aliphatic heterocycles. The van der Waals surface area contributed by atoms with Crippen molar-refractivity contribution in [3.63, 3.8) is 0 Å². The number of rotatable bonds is 8. The van der Waals surface area contributed by atoms with Crippen molar-refractivity contribution < 1.29 is 9.16 Å². The Labute approximate surface area is 95.8 Å². The van der Waals surface area contributed by atoms with Crippen molar-refractivity contribution in [2.45, 2.75) is 58.7 Å². The third-order valence-electron chi connectivity index (χ3n) is 1.98. The Kier molecular flexibility index (Phi) is 7.57. The second kappa shape index (κ2) is 7.80. The van der Waals surface area contributed by atoms with Crippen molar-refractivity contribution in [2.24, 2.45) is 0 Å². The second-order valence-electron chi connectivity index (χ2n) is 4.79. The maximum atomic E-state index is 5.77. The van der Waals surface area contributed by atoms with Crippen LogP contribution >= 0.6 is 0 Å². The van der Waals surface area contributed by atoms with Gasteiger partial charge in [0, 0.05) is 0 Å². The average molecular weight is 230 g/mol. The molecular formula is C12H26O2Si. The summed E-state index contributed by atoms with van der Waals surface area (Å²) < 4.78 is 11.0. The highest BCUT2D eigenvalue weighted by molar-refractivity contribution is 6.69. The summed E-state index contributed by atoms with van der Waals surface area (Å²) in [5, 5.41) is 0. The van der Waals surface area contributed by atoms with E-state index in [9.17, 15) is 0 Å². The Hall–Kier alpha value is -0.443. The van der Waals surface area contributed by atoms with Gasteiger partial charge in [0.1, 0.15) is 0 Å². The van der Waals surface area contributed by atoms with Crippen molar-refractivity contribution in [3.05, 3.63) is 12.0 Å². The molecule has 0 aliphatic rings. The molecule has 0 bridgehead atoms. The third kappa shape index (κ3) is 9.85. The van der Waals surface area contributed by atoms with E-state index in [1.807, 2.05) is 0 Å².